The van der Waals surface area contributed by atoms with Crippen LogP contribution in [0.25, 0.3) is 0 Å². The van der Waals surface area contributed by atoms with E-state index in [0.717, 1.165) is 0 Å². The van der Waals surface area contributed by atoms with Gasteiger partial charge in [0.2, 0.25) is 0 Å². The van der Waals surface area contributed by atoms with Gasteiger partial charge in [-0.1, -0.05) is 6.07 Å². The summed E-state index contributed by atoms with van der Waals surface area (Å²) < 4.78 is 18.2. The van der Waals surface area contributed by atoms with E-state index in [1.807, 2.05) is 0 Å². The van der Waals surface area contributed by atoms with Gasteiger partial charge in [-0.15, -0.1) is 12.4 Å². The number of halogens is 2. The lowest BCUT2D eigenvalue weighted by atomic mass is 10.0. The average Bonchev–Trinajstić information content (AvgIpc) is 2.16. The Kier molecular flexibility index (Phi) is 5.57. The predicted molar refractivity (Wildman–Crippen MR) is 58.8 cm³/mol. The van der Waals surface area contributed by atoms with E-state index in [1.165, 1.54) is 26.2 Å². The SMILES string of the molecule is COc1ccc([C@@H](N)[C@H](C)O)c(F)c1.Cl. The highest BCUT2D eigenvalue weighted by Crippen LogP contribution is 2.22. The number of benzene rings is 1. The molecule has 86 valence electrons. The number of ether oxygens (including phenoxy) is 1. The van der Waals surface area contributed by atoms with Crippen LogP contribution in [0.1, 0.15) is 18.5 Å². The predicted octanol–water partition coefficient (Wildman–Crippen LogP) is 1.64. The summed E-state index contributed by atoms with van der Waals surface area (Å²) in [5.74, 6) is -0.0261. The van der Waals surface area contributed by atoms with Gasteiger partial charge in [-0.05, 0) is 13.0 Å². The Morgan fingerprint density at radius 3 is 2.47 bits per heavy atom. The Labute approximate surface area is 94.5 Å². The molecule has 0 saturated heterocycles. The van der Waals surface area contributed by atoms with Crippen molar-refractivity contribution in [2.45, 2.75) is 19.1 Å². The summed E-state index contributed by atoms with van der Waals surface area (Å²) in [6.07, 6.45) is -0.780. The minimum absolute atomic E-state index is 0. The molecule has 0 aromatic heterocycles. The summed E-state index contributed by atoms with van der Waals surface area (Å²) in [6.45, 7) is 1.52. The first-order valence-electron chi connectivity index (χ1n) is 4.33. The molecule has 0 radical (unpaired) electrons. The highest BCUT2D eigenvalue weighted by molar-refractivity contribution is 5.85. The van der Waals surface area contributed by atoms with Crippen molar-refractivity contribution >= 4 is 12.4 Å². The zero-order chi connectivity index (χ0) is 10.7. The fraction of sp³-hybridized carbons (Fsp3) is 0.400. The fourth-order valence-corrected chi connectivity index (χ4v) is 1.17. The average molecular weight is 236 g/mol. The van der Waals surface area contributed by atoms with Gasteiger partial charge >= 0.3 is 0 Å². The van der Waals surface area contributed by atoms with E-state index in [9.17, 15) is 9.50 Å². The highest BCUT2D eigenvalue weighted by Gasteiger charge is 2.16. The van der Waals surface area contributed by atoms with Gasteiger partial charge in [-0.2, -0.15) is 0 Å². The normalized spacial score (nSPS) is 13.9. The third kappa shape index (κ3) is 3.34. The number of methoxy groups -OCH3 is 1. The molecule has 0 aliphatic rings. The van der Waals surface area contributed by atoms with Gasteiger partial charge in [0.25, 0.3) is 0 Å². The lowest BCUT2D eigenvalue weighted by Gasteiger charge is -2.16. The van der Waals surface area contributed by atoms with Gasteiger partial charge in [0.15, 0.2) is 0 Å². The van der Waals surface area contributed by atoms with E-state index in [-0.39, 0.29) is 12.4 Å². The zero-order valence-corrected chi connectivity index (χ0v) is 9.42. The first kappa shape index (κ1) is 14.2. The van der Waals surface area contributed by atoms with Crippen molar-refractivity contribution in [2.24, 2.45) is 5.73 Å². The van der Waals surface area contributed by atoms with Crippen LogP contribution in [0.4, 0.5) is 4.39 Å². The van der Waals surface area contributed by atoms with Crippen LogP contribution in [0.5, 0.6) is 5.75 Å². The number of rotatable bonds is 3. The molecule has 0 aliphatic carbocycles. The largest absolute Gasteiger partial charge is 0.497 e. The topological polar surface area (TPSA) is 55.5 Å². The van der Waals surface area contributed by atoms with E-state index in [1.54, 1.807) is 6.07 Å². The van der Waals surface area contributed by atoms with Crippen molar-refractivity contribution in [1.29, 1.82) is 0 Å². The number of hydrogen-bond acceptors (Lipinski definition) is 3. The Morgan fingerprint density at radius 1 is 1.47 bits per heavy atom. The third-order valence-electron chi connectivity index (χ3n) is 2.09. The van der Waals surface area contributed by atoms with Crippen LogP contribution in [-0.4, -0.2) is 18.3 Å². The first-order valence-corrected chi connectivity index (χ1v) is 4.33. The quantitative estimate of drug-likeness (QED) is 0.838. The molecule has 1 aromatic carbocycles. The molecule has 3 nitrogen and oxygen atoms in total. The molecule has 1 rings (SSSR count). The van der Waals surface area contributed by atoms with Gasteiger partial charge in [-0.25, -0.2) is 4.39 Å². The minimum Gasteiger partial charge on any atom is -0.497 e. The summed E-state index contributed by atoms with van der Waals surface area (Å²) in [6, 6.07) is 3.67. The van der Waals surface area contributed by atoms with Crippen LogP contribution >= 0.6 is 12.4 Å². The minimum atomic E-state index is -0.780. The molecular formula is C10H15ClFNO2. The van der Waals surface area contributed by atoms with Crippen LogP contribution < -0.4 is 10.5 Å². The van der Waals surface area contributed by atoms with Crippen molar-refractivity contribution in [2.75, 3.05) is 7.11 Å². The molecule has 3 N–H and O–H groups in total. The molecule has 0 saturated carbocycles. The fourth-order valence-electron chi connectivity index (χ4n) is 1.17. The van der Waals surface area contributed by atoms with Crippen molar-refractivity contribution in [3.63, 3.8) is 0 Å². The summed E-state index contributed by atoms with van der Waals surface area (Å²) >= 11 is 0. The van der Waals surface area contributed by atoms with Crippen LogP contribution in [0, 0.1) is 5.82 Å². The number of hydrogen-bond donors (Lipinski definition) is 2. The van der Waals surface area contributed by atoms with Crippen LogP contribution in [0.15, 0.2) is 18.2 Å². The molecular weight excluding hydrogens is 221 g/mol. The summed E-state index contributed by atoms with van der Waals surface area (Å²) in [5, 5.41) is 9.20. The smallest absolute Gasteiger partial charge is 0.131 e. The van der Waals surface area contributed by atoms with E-state index < -0.39 is 18.0 Å². The van der Waals surface area contributed by atoms with Crippen molar-refractivity contribution in [3.8, 4) is 5.75 Å². The van der Waals surface area contributed by atoms with Crippen LogP contribution in [-0.2, 0) is 0 Å². The Hall–Kier alpha value is -0.840. The third-order valence-corrected chi connectivity index (χ3v) is 2.09. The van der Waals surface area contributed by atoms with Crippen LogP contribution in [0.2, 0.25) is 0 Å². The summed E-state index contributed by atoms with van der Waals surface area (Å²) in [5.41, 5.74) is 5.89. The molecule has 2 atom stereocenters. The molecule has 0 bridgehead atoms. The molecule has 0 aliphatic heterocycles. The molecule has 0 heterocycles. The van der Waals surface area contributed by atoms with Crippen LogP contribution in [0.3, 0.4) is 0 Å². The second kappa shape index (κ2) is 5.90. The number of nitrogens with two attached hydrogens (primary N) is 1. The summed E-state index contributed by atoms with van der Waals surface area (Å²) in [4.78, 5) is 0. The molecule has 1 aromatic rings. The number of aliphatic hydroxyl groups is 1. The van der Waals surface area contributed by atoms with Gasteiger partial charge in [-0.3, -0.25) is 0 Å². The second-order valence-corrected chi connectivity index (χ2v) is 3.15. The Morgan fingerprint density at radius 2 is 2.07 bits per heavy atom. The van der Waals surface area contributed by atoms with Gasteiger partial charge in [0.05, 0.1) is 19.3 Å². The van der Waals surface area contributed by atoms with Gasteiger partial charge in [0.1, 0.15) is 11.6 Å². The van der Waals surface area contributed by atoms with E-state index in [0.29, 0.717) is 11.3 Å². The molecule has 0 unspecified atom stereocenters. The Balaban J connectivity index is 0.00000196. The van der Waals surface area contributed by atoms with Gasteiger partial charge < -0.3 is 15.6 Å². The van der Waals surface area contributed by atoms with E-state index in [2.05, 4.69) is 0 Å². The first-order chi connectivity index (χ1) is 6.56. The summed E-state index contributed by atoms with van der Waals surface area (Å²) in [7, 11) is 1.46. The standard InChI is InChI=1S/C10H14FNO2.ClH/c1-6(13)10(12)8-4-3-7(14-2)5-9(8)11;/h3-6,10,13H,12H2,1-2H3;1H/t6-,10-;/m0./s1. The monoisotopic (exact) mass is 235 g/mol. The van der Waals surface area contributed by atoms with Crippen molar-refractivity contribution < 1.29 is 14.2 Å². The maximum absolute atomic E-state index is 13.4. The molecule has 15 heavy (non-hydrogen) atoms. The molecule has 5 heteroatoms. The van der Waals surface area contributed by atoms with E-state index in [4.69, 9.17) is 10.5 Å². The van der Waals surface area contributed by atoms with Crippen molar-refractivity contribution in [3.05, 3.63) is 29.6 Å². The Bertz CT molecular complexity index is 320. The molecule has 0 spiro atoms. The molecule has 0 fully saturated rings. The van der Waals surface area contributed by atoms with Crippen molar-refractivity contribution in [1.82, 2.24) is 0 Å². The zero-order valence-electron chi connectivity index (χ0n) is 8.61. The van der Waals surface area contributed by atoms with Gasteiger partial charge in [0, 0.05) is 11.6 Å². The second-order valence-electron chi connectivity index (χ2n) is 3.15. The maximum atomic E-state index is 13.4. The molecule has 0 amide bonds. The number of aliphatic hydroxyl groups excluding tert-OH is 1. The van der Waals surface area contributed by atoms with E-state index >= 15 is 0 Å². The lowest BCUT2D eigenvalue weighted by Crippen LogP contribution is -2.24. The maximum Gasteiger partial charge on any atom is 0.131 e. The lowest BCUT2D eigenvalue weighted by molar-refractivity contribution is 0.162. The highest BCUT2D eigenvalue weighted by atomic mass is 35.5.